The van der Waals surface area contributed by atoms with Crippen molar-refractivity contribution in [3.05, 3.63) is 64.6 Å². The summed E-state index contributed by atoms with van der Waals surface area (Å²) in [7, 11) is 0. The van der Waals surface area contributed by atoms with Crippen LogP contribution in [0.5, 0.6) is 5.75 Å². The van der Waals surface area contributed by atoms with Gasteiger partial charge in [-0.15, -0.1) is 0 Å². The van der Waals surface area contributed by atoms with Gasteiger partial charge in [0.2, 0.25) is 0 Å². The first-order valence-corrected chi connectivity index (χ1v) is 8.63. The van der Waals surface area contributed by atoms with E-state index in [0.29, 0.717) is 17.8 Å². The predicted molar refractivity (Wildman–Crippen MR) is 94.3 cm³/mol. The van der Waals surface area contributed by atoms with Crippen molar-refractivity contribution in [2.24, 2.45) is 0 Å². The van der Waals surface area contributed by atoms with E-state index < -0.39 is 0 Å². The molecule has 3 heterocycles. The molecule has 4 nitrogen and oxygen atoms in total. The van der Waals surface area contributed by atoms with Crippen molar-refractivity contribution in [3.8, 4) is 11.4 Å². The van der Waals surface area contributed by atoms with Gasteiger partial charge in [-0.25, -0.2) is 4.98 Å². The lowest BCUT2D eigenvalue weighted by molar-refractivity contribution is 0.265. The Kier molecular flexibility index (Phi) is 3.37. The summed E-state index contributed by atoms with van der Waals surface area (Å²) in [5.74, 6) is 0.710. The number of para-hydroxylation sites is 1. The smallest absolute Gasteiger partial charge is 0.263 e. The van der Waals surface area contributed by atoms with Crippen molar-refractivity contribution in [3.63, 3.8) is 0 Å². The molecule has 1 aliphatic rings. The van der Waals surface area contributed by atoms with Crippen molar-refractivity contribution in [2.45, 2.75) is 12.5 Å². The number of fused-ring (bicyclic) bond motifs is 3. The van der Waals surface area contributed by atoms with Crippen molar-refractivity contribution in [2.75, 3.05) is 4.43 Å². The maximum absolute atomic E-state index is 13.0. The molecule has 0 N–H and O–H groups in total. The fraction of sp³-hybridized carbons (Fsp3) is 0.176. The maximum atomic E-state index is 13.0. The Morgan fingerprint density at radius 3 is 2.82 bits per heavy atom. The molecule has 5 heteroatoms. The van der Waals surface area contributed by atoms with Gasteiger partial charge in [-0.2, -0.15) is 0 Å². The molecule has 0 saturated heterocycles. The van der Waals surface area contributed by atoms with E-state index in [1.165, 1.54) is 0 Å². The second kappa shape index (κ2) is 5.39. The molecular weight excluding hydrogens is 391 g/mol. The van der Waals surface area contributed by atoms with Crippen LogP contribution in [0.2, 0.25) is 0 Å². The Hall–Kier alpha value is -1.89. The van der Waals surface area contributed by atoms with Gasteiger partial charge in [0, 0.05) is 17.0 Å². The first-order chi connectivity index (χ1) is 10.8. The van der Waals surface area contributed by atoms with Gasteiger partial charge in [0.15, 0.2) is 5.65 Å². The first kappa shape index (κ1) is 13.8. The van der Waals surface area contributed by atoms with Crippen molar-refractivity contribution >= 4 is 33.6 Å². The average Bonchev–Trinajstić information content (AvgIpc) is 3.01. The van der Waals surface area contributed by atoms with Crippen molar-refractivity contribution in [1.82, 2.24) is 9.55 Å². The fourth-order valence-electron chi connectivity index (χ4n) is 2.90. The largest absolute Gasteiger partial charge is 0.488 e. The number of pyridine rings is 2. The molecule has 0 spiro atoms. The van der Waals surface area contributed by atoms with Crippen LogP contribution in [0.1, 0.15) is 5.56 Å². The molecule has 1 atom stereocenters. The number of aromatic nitrogens is 2. The molecule has 1 aromatic carbocycles. The standard InChI is InChI=1S/C17H13IN2O2/c18-10-12-9-14-15(22-12)13-7-4-8-19-16(13)20(17(14)21)11-5-2-1-3-6-11/h1-8,12H,9-10H2. The summed E-state index contributed by atoms with van der Waals surface area (Å²) in [6.07, 6.45) is 2.44. The van der Waals surface area contributed by atoms with E-state index in [1.807, 2.05) is 42.5 Å². The molecule has 0 fully saturated rings. The molecule has 1 unspecified atom stereocenters. The summed E-state index contributed by atoms with van der Waals surface area (Å²) >= 11 is 2.29. The van der Waals surface area contributed by atoms with Gasteiger partial charge in [-0.05, 0) is 24.3 Å². The van der Waals surface area contributed by atoms with Crippen LogP contribution >= 0.6 is 22.6 Å². The summed E-state index contributed by atoms with van der Waals surface area (Å²) in [5.41, 5.74) is 2.20. The van der Waals surface area contributed by atoms with Crippen LogP contribution in [0, 0.1) is 0 Å². The van der Waals surface area contributed by atoms with E-state index >= 15 is 0 Å². The first-order valence-electron chi connectivity index (χ1n) is 7.10. The molecule has 0 saturated carbocycles. The van der Waals surface area contributed by atoms with Gasteiger partial charge in [0.05, 0.1) is 16.6 Å². The molecule has 4 rings (SSSR count). The van der Waals surface area contributed by atoms with E-state index in [-0.39, 0.29) is 11.7 Å². The highest BCUT2D eigenvalue weighted by Gasteiger charge is 2.29. The third-order valence-electron chi connectivity index (χ3n) is 3.88. The monoisotopic (exact) mass is 404 g/mol. The second-order valence-corrected chi connectivity index (χ2v) is 6.14. The summed E-state index contributed by atoms with van der Waals surface area (Å²) in [6.45, 7) is 0. The van der Waals surface area contributed by atoms with Gasteiger partial charge < -0.3 is 4.74 Å². The van der Waals surface area contributed by atoms with Crippen LogP contribution < -0.4 is 10.3 Å². The van der Waals surface area contributed by atoms with Crippen molar-refractivity contribution in [1.29, 1.82) is 0 Å². The van der Waals surface area contributed by atoms with Crippen LogP contribution in [0.15, 0.2) is 53.5 Å². The SMILES string of the molecule is O=c1c2c(c3cccnc3n1-c1ccccc1)OC(CI)C2. The fourth-order valence-corrected chi connectivity index (χ4v) is 3.39. The number of benzene rings is 1. The maximum Gasteiger partial charge on any atom is 0.263 e. The molecule has 22 heavy (non-hydrogen) atoms. The summed E-state index contributed by atoms with van der Waals surface area (Å²) in [6, 6.07) is 13.5. The van der Waals surface area contributed by atoms with Crippen molar-refractivity contribution < 1.29 is 4.74 Å². The normalized spacial score (nSPS) is 16.5. The molecule has 0 radical (unpaired) electrons. The van der Waals surface area contributed by atoms with Gasteiger partial charge in [0.25, 0.3) is 5.56 Å². The average molecular weight is 404 g/mol. The minimum Gasteiger partial charge on any atom is -0.488 e. The Morgan fingerprint density at radius 1 is 1.23 bits per heavy atom. The van der Waals surface area contributed by atoms with Crippen LogP contribution in [-0.2, 0) is 6.42 Å². The minimum absolute atomic E-state index is 0.0280. The number of nitrogens with zero attached hydrogens (tertiary/aromatic N) is 2. The quantitative estimate of drug-likeness (QED) is 0.487. The molecule has 0 bridgehead atoms. The number of halogens is 1. The highest BCUT2D eigenvalue weighted by atomic mass is 127. The lowest BCUT2D eigenvalue weighted by Crippen LogP contribution is -2.23. The highest BCUT2D eigenvalue weighted by molar-refractivity contribution is 14.1. The number of alkyl halides is 1. The van der Waals surface area contributed by atoms with Gasteiger partial charge in [0.1, 0.15) is 11.9 Å². The number of hydrogen-bond acceptors (Lipinski definition) is 3. The zero-order valence-electron chi connectivity index (χ0n) is 11.7. The third kappa shape index (κ3) is 2.03. The van der Waals surface area contributed by atoms with E-state index in [4.69, 9.17) is 4.74 Å². The highest BCUT2D eigenvalue weighted by Crippen LogP contribution is 2.34. The summed E-state index contributed by atoms with van der Waals surface area (Å²) in [5, 5.41) is 0.897. The van der Waals surface area contributed by atoms with Gasteiger partial charge in [-0.3, -0.25) is 9.36 Å². The zero-order valence-corrected chi connectivity index (χ0v) is 13.9. The molecule has 0 aliphatic carbocycles. The lowest BCUT2D eigenvalue weighted by Gasteiger charge is -2.12. The second-order valence-electron chi connectivity index (χ2n) is 5.26. The van der Waals surface area contributed by atoms with E-state index in [9.17, 15) is 4.79 Å². The molecule has 3 aromatic rings. The molecule has 0 amide bonds. The Balaban J connectivity index is 2.09. The molecule has 2 aromatic heterocycles. The molecular formula is C17H13IN2O2. The summed E-state index contributed by atoms with van der Waals surface area (Å²) < 4.78 is 8.53. The number of rotatable bonds is 2. The zero-order chi connectivity index (χ0) is 15.1. The number of ether oxygens (including phenoxy) is 1. The van der Waals surface area contributed by atoms with Crippen LogP contribution in [-0.4, -0.2) is 20.1 Å². The Labute approximate surface area is 140 Å². The summed E-state index contributed by atoms with van der Waals surface area (Å²) in [4.78, 5) is 17.4. The predicted octanol–water partition coefficient (Wildman–Crippen LogP) is 3.12. The minimum atomic E-state index is -0.0280. The lowest BCUT2D eigenvalue weighted by atomic mass is 10.1. The molecule has 110 valence electrons. The topological polar surface area (TPSA) is 44.1 Å². The number of hydrogen-bond donors (Lipinski definition) is 0. The third-order valence-corrected chi connectivity index (χ3v) is 4.86. The van der Waals surface area contributed by atoms with Gasteiger partial charge >= 0.3 is 0 Å². The van der Waals surface area contributed by atoms with Crippen LogP contribution in [0.3, 0.4) is 0 Å². The van der Waals surface area contributed by atoms with Crippen LogP contribution in [0.4, 0.5) is 0 Å². The van der Waals surface area contributed by atoms with Crippen LogP contribution in [0.25, 0.3) is 16.7 Å². The van der Waals surface area contributed by atoms with E-state index in [2.05, 4.69) is 27.6 Å². The van der Waals surface area contributed by atoms with E-state index in [0.717, 1.165) is 21.1 Å². The van der Waals surface area contributed by atoms with Gasteiger partial charge in [-0.1, -0.05) is 40.8 Å². The van der Waals surface area contributed by atoms with E-state index in [1.54, 1.807) is 10.8 Å². The molecule has 1 aliphatic heterocycles. The Morgan fingerprint density at radius 2 is 2.05 bits per heavy atom. The Bertz CT molecular complexity index is 906.